The number of anilines is 1. The van der Waals surface area contributed by atoms with Gasteiger partial charge in [-0.2, -0.15) is 8.42 Å². The number of carbonyl (C=O) groups excluding carboxylic acids is 1. The third-order valence-electron chi connectivity index (χ3n) is 4.30. The lowest BCUT2D eigenvalue weighted by Gasteiger charge is -2.19. The molecular weight excluding hydrogens is 375 g/mol. The first kappa shape index (κ1) is 17.1. The van der Waals surface area contributed by atoms with E-state index >= 15 is 4.39 Å². The van der Waals surface area contributed by atoms with E-state index in [0.717, 1.165) is 6.07 Å². The quantitative estimate of drug-likeness (QED) is 0.624. The van der Waals surface area contributed by atoms with Crippen LogP contribution in [0.15, 0.2) is 48.5 Å². The molecule has 0 bridgehead atoms. The predicted molar refractivity (Wildman–Crippen MR) is 97.1 cm³/mol. The first-order valence-corrected chi connectivity index (χ1v) is 9.29. The number of aromatic hydroxyl groups is 2. The van der Waals surface area contributed by atoms with Crippen LogP contribution in [-0.2, 0) is 15.0 Å². The zero-order valence-corrected chi connectivity index (χ0v) is 14.5. The van der Waals surface area contributed by atoms with Crippen molar-refractivity contribution in [1.29, 1.82) is 0 Å². The number of rotatable bonds is 2. The van der Waals surface area contributed by atoms with Crippen molar-refractivity contribution >= 4 is 32.6 Å². The standard InChI is InChI=1S/C18H13FN2O5S/c19-17-13(14-8-11(22)7-10-3-1-2-4-12(10)14)5-6-15(23)18(17)21-9-16(24)20-27(21,25)26/h1-8,22-23H,9H2,(H,20,24). The highest BCUT2D eigenvalue weighted by Crippen LogP contribution is 2.41. The zero-order chi connectivity index (χ0) is 19.3. The summed E-state index contributed by atoms with van der Waals surface area (Å²) >= 11 is 0. The summed E-state index contributed by atoms with van der Waals surface area (Å²) in [6.07, 6.45) is 0. The van der Waals surface area contributed by atoms with Crippen LogP contribution >= 0.6 is 0 Å². The number of nitrogens with one attached hydrogen (secondary N) is 1. The first-order chi connectivity index (χ1) is 12.8. The Morgan fingerprint density at radius 1 is 1.04 bits per heavy atom. The van der Waals surface area contributed by atoms with Crippen molar-refractivity contribution in [2.24, 2.45) is 0 Å². The van der Waals surface area contributed by atoms with Gasteiger partial charge in [-0.3, -0.25) is 4.79 Å². The maximum Gasteiger partial charge on any atom is 0.326 e. The maximum atomic E-state index is 15.3. The van der Waals surface area contributed by atoms with Crippen LogP contribution in [0.25, 0.3) is 21.9 Å². The van der Waals surface area contributed by atoms with E-state index in [1.165, 1.54) is 18.2 Å². The fourth-order valence-electron chi connectivity index (χ4n) is 3.16. The Morgan fingerprint density at radius 2 is 1.78 bits per heavy atom. The van der Waals surface area contributed by atoms with E-state index in [9.17, 15) is 23.4 Å². The Bertz CT molecular complexity index is 1210. The molecule has 4 rings (SSSR count). The fourth-order valence-corrected chi connectivity index (χ4v) is 4.33. The highest BCUT2D eigenvalue weighted by molar-refractivity contribution is 7.92. The first-order valence-electron chi connectivity index (χ1n) is 7.85. The highest BCUT2D eigenvalue weighted by Gasteiger charge is 2.38. The van der Waals surface area contributed by atoms with Crippen LogP contribution in [0.4, 0.5) is 10.1 Å². The van der Waals surface area contributed by atoms with E-state index in [0.29, 0.717) is 20.6 Å². The summed E-state index contributed by atoms with van der Waals surface area (Å²) < 4.78 is 41.7. The van der Waals surface area contributed by atoms with Gasteiger partial charge in [0.05, 0.1) is 0 Å². The number of phenolic OH excluding ortho intramolecular Hbond substituents is 2. The molecule has 1 aliphatic rings. The summed E-state index contributed by atoms with van der Waals surface area (Å²) in [4.78, 5) is 11.5. The minimum absolute atomic E-state index is 0.0237. The van der Waals surface area contributed by atoms with Gasteiger partial charge >= 0.3 is 10.2 Å². The summed E-state index contributed by atoms with van der Waals surface area (Å²) in [6, 6.07) is 12.3. The summed E-state index contributed by atoms with van der Waals surface area (Å²) in [5.74, 6) is -2.57. The van der Waals surface area contributed by atoms with Gasteiger partial charge in [0.1, 0.15) is 23.7 Å². The largest absolute Gasteiger partial charge is 0.508 e. The van der Waals surface area contributed by atoms with Gasteiger partial charge < -0.3 is 10.2 Å². The van der Waals surface area contributed by atoms with Crippen LogP contribution in [0, 0.1) is 5.82 Å². The molecule has 1 fully saturated rings. The van der Waals surface area contributed by atoms with E-state index in [1.807, 2.05) is 0 Å². The molecule has 3 N–H and O–H groups in total. The van der Waals surface area contributed by atoms with Gasteiger partial charge in [-0.05, 0) is 40.6 Å². The molecule has 1 heterocycles. The molecule has 0 saturated carbocycles. The number of nitrogens with zero attached hydrogens (tertiary/aromatic N) is 1. The molecular formula is C18H13FN2O5S. The smallest absolute Gasteiger partial charge is 0.326 e. The number of benzene rings is 3. The van der Waals surface area contributed by atoms with Gasteiger partial charge in [-0.15, -0.1) is 0 Å². The van der Waals surface area contributed by atoms with Crippen molar-refractivity contribution in [2.75, 3.05) is 10.8 Å². The summed E-state index contributed by atoms with van der Waals surface area (Å²) in [7, 11) is -4.30. The minimum atomic E-state index is -4.30. The fraction of sp³-hybridized carbons (Fsp3) is 0.0556. The van der Waals surface area contributed by atoms with Gasteiger partial charge in [0.15, 0.2) is 5.82 Å². The SMILES string of the molecule is O=C1CN(c2c(O)ccc(-c3cc(O)cc4ccccc34)c2F)S(=O)(=O)N1. The molecule has 1 saturated heterocycles. The van der Waals surface area contributed by atoms with Crippen molar-refractivity contribution in [3.63, 3.8) is 0 Å². The molecule has 0 spiro atoms. The number of hydrogen-bond donors (Lipinski definition) is 3. The van der Waals surface area contributed by atoms with Crippen LogP contribution in [-0.4, -0.2) is 31.1 Å². The second-order valence-corrected chi connectivity index (χ2v) is 7.64. The third kappa shape index (κ3) is 2.72. The number of carbonyl (C=O) groups is 1. The van der Waals surface area contributed by atoms with Crippen molar-refractivity contribution in [3.8, 4) is 22.6 Å². The van der Waals surface area contributed by atoms with Gasteiger partial charge in [0.25, 0.3) is 5.91 Å². The van der Waals surface area contributed by atoms with Crippen LogP contribution in [0.3, 0.4) is 0 Å². The Balaban J connectivity index is 1.99. The summed E-state index contributed by atoms with van der Waals surface area (Å²) in [5.41, 5.74) is -0.331. The van der Waals surface area contributed by atoms with Crippen molar-refractivity contribution < 1.29 is 27.8 Å². The molecule has 1 aliphatic heterocycles. The van der Waals surface area contributed by atoms with E-state index < -0.39 is 39.9 Å². The van der Waals surface area contributed by atoms with Gasteiger partial charge in [-0.1, -0.05) is 24.3 Å². The lowest BCUT2D eigenvalue weighted by atomic mass is 9.96. The molecule has 138 valence electrons. The van der Waals surface area contributed by atoms with Crippen LogP contribution in [0.1, 0.15) is 0 Å². The lowest BCUT2D eigenvalue weighted by Crippen LogP contribution is -2.30. The summed E-state index contributed by atoms with van der Waals surface area (Å²) in [5, 5.41) is 21.3. The number of halogens is 1. The van der Waals surface area contributed by atoms with Gasteiger partial charge in [0.2, 0.25) is 0 Å². The Morgan fingerprint density at radius 3 is 2.48 bits per heavy atom. The molecule has 0 aliphatic carbocycles. The van der Waals surface area contributed by atoms with E-state index in [1.54, 1.807) is 29.0 Å². The topological polar surface area (TPSA) is 107 Å². The molecule has 0 aromatic heterocycles. The number of phenols is 2. The van der Waals surface area contributed by atoms with E-state index in [-0.39, 0.29) is 11.3 Å². The van der Waals surface area contributed by atoms with Gasteiger partial charge in [-0.25, -0.2) is 13.4 Å². The Hall–Kier alpha value is -3.33. The molecule has 9 heteroatoms. The second-order valence-electron chi connectivity index (χ2n) is 6.05. The molecule has 3 aromatic carbocycles. The third-order valence-corrected chi connectivity index (χ3v) is 5.68. The normalized spacial score (nSPS) is 15.9. The van der Waals surface area contributed by atoms with E-state index in [2.05, 4.69) is 0 Å². The van der Waals surface area contributed by atoms with Crippen LogP contribution < -0.4 is 9.03 Å². The van der Waals surface area contributed by atoms with Crippen LogP contribution in [0.5, 0.6) is 11.5 Å². The second kappa shape index (κ2) is 5.85. The average Bonchev–Trinajstić information content (AvgIpc) is 2.86. The van der Waals surface area contributed by atoms with E-state index in [4.69, 9.17) is 0 Å². The van der Waals surface area contributed by atoms with Crippen LogP contribution in [0.2, 0.25) is 0 Å². The van der Waals surface area contributed by atoms with Crippen molar-refractivity contribution in [2.45, 2.75) is 0 Å². The Kier molecular flexibility index (Phi) is 3.70. The Labute approximate surface area is 153 Å². The molecule has 1 amide bonds. The number of amides is 1. The van der Waals surface area contributed by atoms with Crippen molar-refractivity contribution in [3.05, 3.63) is 54.3 Å². The average molecular weight is 388 g/mol. The minimum Gasteiger partial charge on any atom is -0.508 e. The van der Waals surface area contributed by atoms with Crippen molar-refractivity contribution in [1.82, 2.24) is 4.72 Å². The highest BCUT2D eigenvalue weighted by atomic mass is 32.2. The molecule has 3 aromatic rings. The predicted octanol–water partition coefficient (Wildman–Crippen LogP) is 2.24. The molecule has 7 nitrogen and oxygen atoms in total. The number of fused-ring (bicyclic) bond motifs is 1. The summed E-state index contributed by atoms with van der Waals surface area (Å²) in [6.45, 7) is -0.642. The number of hydrogen-bond acceptors (Lipinski definition) is 5. The maximum absolute atomic E-state index is 15.3. The molecule has 0 radical (unpaired) electrons. The monoisotopic (exact) mass is 388 g/mol. The lowest BCUT2D eigenvalue weighted by molar-refractivity contribution is -0.117. The molecule has 27 heavy (non-hydrogen) atoms. The van der Waals surface area contributed by atoms with Gasteiger partial charge in [0, 0.05) is 5.56 Å². The molecule has 0 atom stereocenters. The zero-order valence-electron chi connectivity index (χ0n) is 13.7. The molecule has 0 unspecified atom stereocenters.